The molecule has 4 fully saturated rings. The van der Waals surface area contributed by atoms with E-state index >= 15 is 0 Å². The van der Waals surface area contributed by atoms with E-state index in [4.69, 9.17) is 33.2 Å². The van der Waals surface area contributed by atoms with Crippen molar-refractivity contribution in [2.75, 3.05) is 0 Å². The van der Waals surface area contributed by atoms with Crippen LogP contribution in [-0.2, 0) is 38.0 Å². The Morgan fingerprint density at radius 3 is 2.02 bits per heavy atom. The second kappa shape index (κ2) is 15.8. The monoisotopic (exact) mass is 707 g/mol. The number of hydrogen-bond donors (Lipinski definition) is 0. The van der Waals surface area contributed by atoms with E-state index in [-0.39, 0.29) is 77.3 Å². The van der Waals surface area contributed by atoms with E-state index in [1.54, 1.807) is 0 Å². The zero-order chi connectivity index (χ0) is 37.7. The number of cyclic esters (lactones) is 1. The minimum absolute atomic E-state index is 0.00176. The summed E-state index contributed by atoms with van der Waals surface area (Å²) in [4.78, 5) is 14.4. The maximum atomic E-state index is 14.4. The summed E-state index contributed by atoms with van der Waals surface area (Å²) in [6.45, 7) is 39.2. The van der Waals surface area contributed by atoms with Crippen molar-refractivity contribution in [1.82, 2.24) is 0 Å². The van der Waals surface area contributed by atoms with Crippen LogP contribution in [0.25, 0.3) is 0 Å². The highest BCUT2D eigenvalue weighted by atomic mass is 16.7. The third kappa shape index (κ3) is 9.01. The van der Waals surface area contributed by atoms with E-state index in [0.29, 0.717) is 18.3 Å². The summed E-state index contributed by atoms with van der Waals surface area (Å²) in [6, 6.07) is 0. The molecule has 4 rings (SSSR count). The first-order valence-electron chi connectivity index (χ1n) is 19.9. The number of carbonyl (C=O) groups excluding carboxylic acids is 1. The summed E-state index contributed by atoms with van der Waals surface area (Å²) >= 11 is 0. The Kier molecular flexibility index (Phi) is 13.1. The normalized spacial score (nSPS) is 47.2. The lowest BCUT2D eigenvalue weighted by atomic mass is 9.69. The van der Waals surface area contributed by atoms with Crippen LogP contribution in [0, 0.1) is 52.3 Å². The molecule has 4 saturated heterocycles. The van der Waals surface area contributed by atoms with Crippen molar-refractivity contribution in [3.05, 3.63) is 12.2 Å². The lowest BCUT2D eigenvalue weighted by Gasteiger charge is -2.51. The second-order valence-corrected chi connectivity index (χ2v) is 18.9. The van der Waals surface area contributed by atoms with E-state index < -0.39 is 30.2 Å². The van der Waals surface area contributed by atoms with Gasteiger partial charge in [-0.3, -0.25) is 4.79 Å². The molecule has 4 heterocycles. The molecule has 0 spiro atoms. The number of carbonyl (C=O) groups is 1. The third-order valence-corrected chi connectivity index (χ3v) is 13.3. The molecule has 0 aromatic heterocycles. The molecule has 2 unspecified atom stereocenters. The van der Waals surface area contributed by atoms with Crippen LogP contribution in [0.4, 0.5) is 0 Å². The molecule has 0 radical (unpaired) electrons. The molecule has 4 aliphatic heterocycles. The van der Waals surface area contributed by atoms with E-state index in [9.17, 15) is 4.79 Å². The summed E-state index contributed by atoms with van der Waals surface area (Å²) in [6.07, 6.45) is 0.608. The first-order valence-corrected chi connectivity index (χ1v) is 19.9. The Bertz CT molecular complexity index is 1160. The molecule has 16 atom stereocenters. The average Bonchev–Trinajstić information content (AvgIpc) is 3.01. The Labute approximate surface area is 305 Å². The van der Waals surface area contributed by atoms with Crippen molar-refractivity contribution in [2.45, 2.75) is 198 Å². The van der Waals surface area contributed by atoms with Crippen LogP contribution in [0.5, 0.6) is 0 Å². The highest BCUT2D eigenvalue weighted by Gasteiger charge is 2.51. The average molecular weight is 707 g/mol. The number of hydrogen-bond acceptors (Lipinski definition) is 8. The Morgan fingerprint density at radius 2 is 1.42 bits per heavy atom. The SMILES string of the molecule is C=C1[C@@H](CC)OC(=O)[C@H](C)[C@@H](OC2CC(C)(C)[C@@H](C)[C@H](C)O2)[C@H](C)[C@@H](OC2O[C@H](C)C[C@H](C)[C@H]2C)C(C)(C)C[C@@H](C)[C@@H]2OC(C)(C)O[C@@H]1[C@H]2C. The van der Waals surface area contributed by atoms with E-state index in [1.165, 1.54) is 0 Å². The summed E-state index contributed by atoms with van der Waals surface area (Å²) in [5.74, 6) is -0.758. The van der Waals surface area contributed by atoms with Gasteiger partial charge in [0.15, 0.2) is 18.4 Å². The molecule has 8 nitrogen and oxygen atoms in total. The highest BCUT2D eigenvalue weighted by Crippen LogP contribution is 2.48. The predicted molar refractivity (Wildman–Crippen MR) is 197 cm³/mol. The van der Waals surface area contributed by atoms with Crippen LogP contribution in [0.1, 0.15) is 136 Å². The quantitative estimate of drug-likeness (QED) is 0.207. The number of rotatable bonds is 5. The van der Waals surface area contributed by atoms with Gasteiger partial charge in [-0.1, -0.05) is 82.7 Å². The van der Waals surface area contributed by atoms with E-state index in [2.05, 4.69) is 89.7 Å². The van der Waals surface area contributed by atoms with Gasteiger partial charge in [-0.15, -0.1) is 0 Å². The predicted octanol–water partition coefficient (Wildman–Crippen LogP) is 9.33. The summed E-state index contributed by atoms with van der Waals surface area (Å²) in [5, 5.41) is 0. The van der Waals surface area contributed by atoms with Crippen molar-refractivity contribution in [2.24, 2.45) is 52.3 Å². The zero-order valence-corrected chi connectivity index (χ0v) is 34.5. The van der Waals surface area contributed by atoms with Gasteiger partial charge in [0.2, 0.25) is 0 Å². The zero-order valence-electron chi connectivity index (χ0n) is 34.5. The summed E-state index contributed by atoms with van der Waals surface area (Å²) in [7, 11) is 0. The van der Waals surface area contributed by atoms with Crippen molar-refractivity contribution in [1.29, 1.82) is 0 Å². The molecule has 2 bridgehead atoms. The fourth-order valence-corrected chi connectivity index (χ4v) is 9.66. The molecule has 8 heteroatoms. The first kappa shape index (κ1) is 41.7. The summed E-state index contributed by atoms with van der Waals surface area (Å²) < 4.78 is 47.1. The largest absolute Gasteiger partial charge is 0.457 e. The van der Waals surface area contributed by atoms with Crippen molar-refractivity contribution in [3.63, 3.8) is 0 Å². The molecule has 0 aromatic carbocycles. The fraction of sp³-hybridized carbons (Fsp3) is 0.929. The smallest absolute Gasteiger partial charge is 0.311 e. The molecule has 290 valence electrons. The molecule has 4 aliphatic rings. The molecule has 0 N–H and O–H groups in total. The van der Waals surface area contributed by atoms with Crippen LogP contribution < -0.4 is 0 Å². The molecular weight excluding hydrogens is 632 g/mol. The standard InChI is InChI=1S/C42H74O8/c1-18-32-26(6)36-27(7)34(49-42(16,17)50-36)23(3)20-41(14,15)37(48-39-25(5)22(2)19-24(4)44-39)28(8)35(29(9)38(43)46-32)47-33-21-40(12,13)30(10)31(11)45-33/h22-25,27-37,39H,6,18-21H2,1-5,7-17H3/t22-,23+,24+,25+,27-,28-,29+,30-,31-,32+,33?,34-,35-,36-,37+,39?/m0/s1. The fourth-order valence-electron chi connectivity index (χ4n) is 9.66. The van der Waals surface area contributed by atoms with Crippen LogP contribution in [0.15, 0.2) is 12.2 Å². The van der Waals surface area contributed by atoms with Gasteiger partial charge in [0.25, 0.3) is 0 Å². The Balaban J connectivity index is 1.82. The van der Waals surface area contributed by atoms with Crippen LogP contribution in [-0.4, -0.2) is 67.1 Å². The molecule has 0 amide bonds. The van der Waals surface area contributed by atoms with Gasteiger partial charge in [0.1, 0.15) is 6.10 Å². The maximum Gasteiger partial charge on any atom is 0.311 e. The number of ether oxygens (including phenoxy) is 7. The van der Waals surface area contributed by atoms with Gasteiger partial charge in [0, 0.05) is 24.2 Å². The number of esters is 1. The van der Waals surface area contributed by atoms with Crippen molar-refractivity contribution >= 4 is 5.97 Å². The minimum Gasteiger partial charge on any atom is -0.457 e. The Morgan fingerprint density at radius 1 is 0.780 bits per heavy atom. The van der Waals surface area contributed by atoms with E-state index in [0.717, 1.165) is 24.8 Å². The third-order valence-electron chi connectivity index (χ3n) is 13.3. The molecule has 0 saturated carbocycles. The highest BCUT2D eigenvalue weighted by molar-refractivity contribution is 5.73. The van der Waals surface area contributed by atoms with Crippen molar-refractivity contribution in [3.8, 4) is 0 Å². The van der Waals surface area contributed by atoms with E-state index in [1.807, 2.05) is 27.7 Å². The van der Waals surface area contributed by atoms with Gasteiger partial charge in [-0.25, -0.2) is 0 Å². The molecular formula is C42H74O8. The Hall–Kier alpha value is -1.03. The lowest BCUT2D eigenvalue weighted by Crippen LogP contribution is -2.56. The molecule has 0 aromatic rings. The van der Waals surface area contributed by atoms with Crippen LogP contribution in [0.2, 0.25) is 0 Å². The van der Waals surface area contributed by atoms with Crippen molar-refractivity contribution < 1.29 is 38.0 Å². The lowest BCUT2D eigenvalue weighted by molar-refractivity contribution is -0.324. The van der Waals surface area contributed by atoms with Gasteiger partial charge < -0.3 is 33.2 Å². The summed E-state index contributed by atoms with van der Waals surface area (Å²) in [5.41, 5.74) is 0.426. The van der Waals surface area contributed by atoms with Crippen LogP contribution in [0.3, 0.4) is 0 Å². The maximum absolute atomic E-state index is 14.4. The number of fused-ring (bicyclic) bond motifs is 2. The first-order chi connectivity index (χ1) is 23.0. The van der Waals surface area contributed by atoms with Gasteiger partial charge in [-0.05, 0) is 88.0 Å². The molecule has 0 aliphatic carbocycles. The molecule has 50 heavy (non-hydrogen) atoms. The topological polar surface area (TPSA) is 81.7 Å². The minimum atomic E-state index is -0.821. The van der Waals surface area contributed by atoms with Gasteiger partial charge in [-0.2, -0.15) is 0 Å². The van der Waals surface area contributed by atoms with Gasteiger partial charge >= 0.3 is 5.97 Å². The van der Waals surface area contributed by atoms with Crippen LogP contribution >= 0.6 is 0 Å². The van der Waals surface area contributed by atoms with Gasteiger partial charge in [0.05, 0.1) is 42.5 Å². The second-order valence-electron chi connectivity index (χ2n) is 18.9.